The summed E-state index contributed by atoms with van der Waals surface area (Å²) in [4.78, 5) is 16.6. The van der Waals surface area contributed by atoms with Crippen LogP contribution in [0.15, 0.2) is 66.9 Å². The Balaban J connectivity index is 1.70. The number of rotatable bonds is 6. The van der Waals surface area contributed by atoms with Crippen LogP contribution in [-0.2, 0) is 0 Å². The summed E-state index contributed by atoms with van der Waals surface area (Å²) in [6.07, 6.45) is 1.63. The van der Waals surface area contributed by atoms with Gasteiger partial charge in [0.1, 0.15) is 17.4 Å². The van der Waals surface area contributed by atoms with Crippen molar-refractivity contribution in [2.24, 2.45) is 0 Å². The molecule has 6 heteroatoms. The fraction of sp³-hybridized carbons (Fsp3) is 0.143. The van der Waals surface area contributed by atoms with Crippen molar-refractivity contribution in [1.29, 1.82) is 0 Å². The van der Waals surface area contributed by atoms with Crippen molar-refractivity contribution in [3.8, 4) is 5.75 Å². The third kappa shape index (κ3) is 5.04. The first-order valence-electron chi connectivity index (χ1n) is 8.57. The number of aromatic nitrogens is 1. The van der Waals surface area contributed by atoms with Crippen LogP contribution in [0, 0.1) is 5.82 Å². The Labute approximate surface area is 157 Å². The average Bonchev–Trinajstić information content (AvgIpc) is 2.65. The van der Waals surface area contributed by atoms with Crippen molar-refractivity contribution in [2.45, 2.75) is 20.0 Å². The third-order valence-electron chi connectivity index (χ3n) is 3.64. The summed E-state index contributed by atoms with van der Waals surface area (Å²) >= 11 is 0. The molecule has 0 radical (unpaired) electrons. The van der Waals surface area contributed by atoms with Gasteiger partial charge in [-0.05, 0) is 62.4 Å². The lowest BCUT2D eigenvalue weighted by Crippen LogP contribution is -2.13. The van der Waals surface area contributed by atoms with Gasteiger partial charge in [0.15, 0.2) is 0 Å². The highest BCUT2D eigenvalue weighted by molar-refractivity contribution is 6.04. The zero-order valence-electron chi connectivity index (χ0n) is 15.1. The summed E-state index contributed by atoms with van der Waals surface area (Å²) in [6, 6.07) is 16.7. The maximum atomic E-state index is 13.7. The van der Waals surface area contributed by atoms with Crippen molar-refractivity contribution >= 4 is 23.1 Å². The number of pyridine rings is 1. The molecule has 138 valence electrons. The molecule has 3 rings (SSSR count). The Hall–Kier alpha value is -3.41. The van der Waals surface area contributed by atoms with Gasteiger partial charge in [-0.15, -0.1) is 0 Å². The van der Waals surface area contributed by atoms with E-state index in [0.29, 0.717) is 11.4 Å². The molecule has 5 nitrogen and oxygen atoms in total. The normalized spacial score (nSPS) is 10.5. The SMILES string of the molecule is CC(C)Oc1ccc(Nc2cc(C(=O)Nc3ccccc3F)ccn2)cc1. The summed E-state index contributed by atoms with van der Waals surface area (Å²) in [5, 5.41) is 5.69. The standard InChI is InChI=1S/C21H20FN3O2/c1-14(2)27-17-9-7-16(8-10-17)24-20-13-15(11-12-23-20)21(26)25-19-6-4-3-5-18(19)22/h3-14H,1-2H3,(H,23,24)(H,25,26). The highest BCUT2D eigenvalue weighted by atomic mass is 19.1. The number of para-hydroxylation sites is 1. The molecular weight excluding hydrogens is 345 g/mol. The van der Waals surface area contributed by atoms with Crippen molar-refractivity contribution < 1.29 is 13.9 Å². The Morgan fingerprint density at radius 1 is 1.07 bits per heavy atom. The molecule has 1 amide bonds. The largest absolute Gasteiger partial charge is 0.491 e. The first-order valence-corrected chi connectivity index (χ1v) is 8.57. The number of amides is 1. The van der Waals surface area contributed by atoms with E-state index in [2.05, 4.69) is 15.6 Å². The number of carbonyl (C=O) groups is 1. The fourth-order valence-electron chi connectivity index (χ4n) is 2.43. The summed E-state index contributed by atoms with van der Waals surface area (Å²) < 4.78 is 19.3. The lowest BCUT2D eigenvalue weighted by molar-refractivity contribution is 0.102. The molecule has 0 saturated heterocycles. The van der Waals surface area contributed by atoms with E-state index >= 15 is 0 Å². The highest BCUT2D eigenvalue weighted by Crippen LogP contribution is 2.21. The molecule has 2 N–H and O–H groups in total. The van der Waals surface area contributed by atoms with Crippen LogP contribution in [0.4, 0.5) is 21.6 Å². The Morgan fingerprint density at radius 3 is 2.52 bits per heavy atom. The quantitative estimate of drug-likeness (QED) is 0.645. The zero-order chi connectivity index (χ0) is 19.2. The second-order valence-electron chi connectivity index (χ2n) is 6.18. The van der Waals surface area contributed by atoms with Gasteiger partial charge in [0.05, 0.1) is 11.8 Å². The topological polar surface area (TPSA) is 63.2 Å². The van der Waals surface area contributed by atoms with E-state index in [0.717, 1.165) is 11.4 Å². The summed E-state index contributed by atoms with van der Waals surface area (Å²) in [5.74, 6) is 0.392. The smallest absolute Gasteiger partial charge is 0.255 e. The van der Waals surface area contributed by atoms with Gasteiger partial charge in [-0.2, -0.15) is 0 Å². The first-order chi connectivity index (χ1) is 13.0. The number of carbonyl (C=O) groups excluding carboxylic acids is 1. The Bertz CT molecular complexity index is 927. The average molecular weight is 365 g/mol. The third-order valence-corrected chi connectivity index (χ3v) is 3.64. The summed E-state index contributed by atoms with van der Waals surface area (Å²) in [6.45, 7) is 3.93. The number of hydrogen-bond donors (Lipinski definition) is 2. The van der Waals surface area contributed by atoms with Gasteiger partial charge in [0, 0.05) is 17.4 Å². The predicted octanol–water partition coefficient (Wildman–Crippen LogP) is 5.00. The molecule has 0 unspecified atom stereocenters. The molecular formula is C21H20FN3O2. The number of nitrogens with zero attached hydrogens (tertiary/aromatic N) is 1. The van der Waals surface area contributed by atoms with Crippen molar-refractivity contribution in [3.05, 3.63) is 78.2 Å². The minimum Gasteiger partial charge on any atom is -0.491 e. The van der Waals surface area contributed by atoms with Crippen LogP contribution < -0.4 is 15.4 Å². The Morgan fingerprint density at radius 2 is 1.81 bits per heavy atom. The summed E-state index contributed by atoms with van der Waals surface area (Å²) in [7, 11) is 0. The molecule has 0 bridgehead atoms. The van der Waals surface area contributed by atoms with Gasteiger partial charge in [-0.1, -0.05) is 12.1 Å². The summed E-state index contributed by atoms with van der Waals surface area (Å²) in [5.41, 5.74) is 1.32. The van der Waals surface area contributed by atoms with E-state index < -0.39 is 11.7 Å². The van der Waals surface area contributed by atoms with Gasteiger partial charge in [0.2, 0.25) is 0 Å². The van der Waals surface area contributed by atoms with E-state index in [1.54, 1.807) is 24.3 Å². The van der Waals surface area contributed by atoms with Gasteiger partial charge in [-0.25, -0.2) is 9.37 Å². The number of halogens is 1. The van der Waals surface area contributed by atoms with E-state index in [4.69, 9.17) is 4.74 Å². The van der Waals surface area contributed by atoms with E-state index in [9.17, 15) is 9.18 Å². The zero-order valence-corrected chi connectivity index (χ0v) is 15.1. The van der Waals surface area contributed by atoms with Crippen LogP contribution in [0.5, 0.6) is 5.75 Å². The maximum Gasteiger partial charge on any atom is 0.255 e. The van der Waals surface area contributed by atoms with Crippen LogP contribution in [0.1, 0.15) is 24.2 Å². The van der Waals surface area contributed by atoms with Crippen LogP contribution >= 0.6 is 0 Å². The second kappa shape index (κ2) is 8.31. The van der Waals surface area contributed by atoms with Crippen LogP contribution in [0.25, 0.3) is 0 Å². The molecule has 0 aliphatic rings. The lowest BCUT2D eigenvalue weighted by atomic mass is 10.2. The molecule has 2 aromatic carbocycles. The van der Waals surface area contributed by atoms with Crippen molar-refractivity contribution in [1.82, 2.24) is 4.98 Å². The molecule has 3 aromatic rings. The number of hydrogen-bond acceptors (Lipinski definition) is 4. The minimum atomic E-state index is -0.484. The van der Waals surface area contributed by atoms with Gasteiger partial charge in [0.25, 0.3) is 5.91 Å². The van der Waals surface area contributed by atoms with Gasteiger partial charge in [-0.3, -0.25) is 4.79 Å². The number of nitrogens with one attached hydrogen (secondary N) is 2. The molecule has 0 aliphatic carbocycles. The molecule has 0 fully saturated rings. The predicted molar refractivity (Wildman–Crippen MR) is 104 cm³/mol. The van der Waals surface area contributed by atoms with Crippen LogP contribution in [0.3, 0.4) is 0 Å². The monoisotopic (exact) mass is 365 g/mol. The van der Waals surface area contributed by atoms with Crippen LogP contribution in [0.2, 0.25) is 0 Å². The molecule has 1 aromatic heterocycles. The minimum absolute atomic E-state index is 0.107. The molecule has 0 atom stereocenters. The number of ether oxygens (including phenoxy) is 1. The molecule has 27 heavy (non-hydrogen) atoms. The van der Waals surface area contributed by atoms with Gasteiger partial charge >= 0.3 is 0 Å². The molecule has 1 heterocycles. The first kappa shape index (κ1) is 18.4. The maximum absolute atomic E-state index is 13.7. The molecule has 0 saturated carbocycles. The molecule has 0 aliphatic heterocycles. The van der Waals surface area contributed by atoms with E-state index in [-0.39, 0.29) is 11.8 Å². The number of benzene rings is 2. The van der Waals surface area contributed by atoms with Gasteiger partial charge < -0.3 is 15.4 Å². The highest BCUT2D eigenvalue weighted by Gasteiger charge is 2.10. The van der Waals surface area contributed by atoms with Crippen molar-refractivity contribution in [3.63, 3.8) is 0 Å². The second-order valence-corrected chi connectivity index (χ2v) is 6.18. The fourth-order valence-corrected chi connectivity index (χ4v) is 2.43. The van der Waals surface area contributed by atoms with E-state index in [1.165, 1.54) is 18.3 Å². The van der Waals surface area contributed by atoms with E-state index in [1.807, 2.05) is 38.1 Å². The van der Waals surface area contributed by atoms with Crippen LogP contribution in [-0.4, -0.2) is 17.0 Å². The number of anilines is 3. The molecule has 0 spiro atoms. The van der Waals surface area contributed by atoms with Crippen molar-refractivity contribution in [2.75, 3.05) is 10.6 Å². The Kier molecular flexibility index (Phi) is 5.66. The lowest BCUT2D eigenvalue weighted by Gasteiger charge is -2.11.